The molecule has 2 aromatic carbocycles. The zero-order chi connectivity index (χ0) is 17.4. The van der Waals surface area contributed by atoms with Crippen molar-refractivity contribution in [2.45, 2.75) is 12.6 Å². The van der Waals surface area contributed by atoms with Crippen LogP contribution in [0.4, 0.5) is 0 Å². The van der Waals surface area contributed by atoms with E-state index in [9.17, 15) is 5.11 Å². The van der Waals surface area contributed by atoms with Crippen LogP contribution < -0.4 is 0 Å². The van der Waals surface area contributed by atoms with E-state index in [1.165, 1.54) is 0 Å². The van der Waals surface area contributed by atoms with Gasteiger partial charge in [-0.15, -0.1) is 0 Å². The van der Waals surface area contributed by atoms with E-state index in [0.29, 0.717) is 36.8 Å². The maximum absolute atomic E-state index is 10.5. The molecule has 0 aliphatic carbocycles. The molecule has 0 spiro atoms. The van der Waals surface area contributed by atoms with Gasteiger partial charge >= 0.3 is 0 Å². The monoisotopic (exact) mass is 344 g/mol. The van der Waals surface area contributed by atoms with Crippen LogP contribution in [0.25, 0.3) is 0 Å². The van der Waals surface area contributed by atoms with Gasteiger partial charge in [-0.25, -0.2) is 0 Å². The fourth-order valence-electron chi connectivity index (χ4n) is 2.46. The van der Waals surface area contributed by atoms with Crippen LogP contribution in [0.1, 0.15) is 22.8 Å². The van der Waals surface area contributed by atoms with Crippen LogP contribution in [0.5, 0.6) is 0 Å². The molecule has 0 radical (unpaired) electrons. The fraction of sp³-hybridized carbons (Fsp3) is 0.316. The first-order valence-corrected chi connectivity index (χ1v) is 8.14. The van der Waals surface area contributed by atoms with Crippen LogP contribution >= 0.6 is 11.6 Å². The first kappa shape index (κ1) is 18.4. The highest BCUT2D eigenvalue weighted by atomic mass is 35.5. The molecular weight excluding hydrogens is 324 g/mol. The molecule has 2 rings (SSSR count). The smallest absolute Gasteiger partial charge is 0.0991 e. The lowest BCUT2D eigenvalue weighted by molar-refractivity contribution is 0.0849. The maximum Gasteiger partial charge on any atom is 0.0991 e. The third-order valence-corrected chi connectivity index (χ3v) is 4.00. The fourth-order valence-corrected chi connectivity index (χ4v) is 2.66. The number of nitrogens with zero attached hydrogens (tertiary/aromatic N) is 2. The van der Waals surface area contributed by atoms with Gasteiger partial charge in [0.15, 0.2) is 0 Å². The van der Waals surface area contributed by atoms with Crippen molar-refractivity contribution in [3.8, 4) is 6.07 Å². The van der Waals surface area contributed by atoms with E-state index in [0.717, 1.165) is 11.1 Å². The summed E-state index contributed by atoms with van der Waals surface area (Å²) in [6.07, 6.45) is -0.626. The Balaban J connectivity index is 2.05. The Labute approximate surface area is 147 Å². The van der Waals surface area contributed by atoms with Gasteiger partial charge in [0.2, 0.25) is 0 Å². The van der Waals surface area contributed by atoms with Crippen LogP contribution in [0.15, 0.2) is 48.5 Å². The normalized spacial score (nSPS) is 12.1. The molecule has 0 bridgehead atoms. The van der Waals surface area contributed by atoms with Crippen molar-refractivity contribution >= 4 is 11.6 Å². The maximum atomic E-state index is 10.5. The predicted octanol–water partition coefficient (Wildman–Crippen LogP) is 3.39. The van der Waals surface area contributed by atoms with Crippen molar-refractivity contribution in [3.05, 3.63) is 70.2 Å². The number of ether oxygens (including phenoxy) is 1. The summed E-state index contributed by atoms with van der Waals surface area (Å²) < 4.78 is 5.17. The van der Waals surface area contributed by atoms with Crippen molar-refractivity contribution in [2.24, 2.45) is 0 Å². The summed E-state index contributed by atoms with van der Waals surface area (Å²) in [6.45, 7) is 2.43. The number of rotatable bonds is 8. The Morgan fingerprint density at radius 1 is 1.25 bits per heavy atom. The molecule has 126 valence electrons. The quantitative estimate of drug-likeness (QED) is 0.797. The van der Waals surface area contributed by atoms with Gasteiger partial charge in [0.25, 0.3) is 0 Å². The molecule has 1 unspecified atom stereocenters. The molecule has 0 aromatic heterocycles. The second kappa shape index (κ2) is 9.41. The highest BCUT2D eigenvalue weighted by Crippen LogP contribution is 2.19. The summed E-state index contributed by atoms with van der Waals surface area (Å²) in [4.78, 5) is 2.12. The Bertz CT molecular complexity index is 683. The number of halogens is 1. The molecule has 1 N–H and O–H groups in total. The molecule has 0 amide bonds. The molecule has 5 heteroatoms. The summed E-state index contributed by atoms with van der Waals surface area (Å²) in [5, 5.41) is 20.0. The van der Waals surface area contributed by atoms with Crippen LogP contribution in [0.3, 0.4) is 0 Å². The van der Waals surface area contributed by atoms with Gasteiger partial charge in [0.05, 0.1) is 24.3 Å². The molecule has 0 aliphatic rings. The Morgan fingerprint density at radius 3 is 2.62 bits per heavy atom. The number of benzene rings is 2. The van der Waals surface area contributed by atoms with E-state index < -0.39 is 6.10 Å². The molecule has 0 fully saturated rings. The van der Waals surface area contributed by atoms with Crippen LogP contribution in [0.2, 0.25) is 5.02 Å². The number of aliphatic hydroxyl groups is 1. The minimum Gasteiger partial charge on any atom is -0.387 e. The number of hydrogen-bond acceptors (Lipinski definition) is 4. The number of aliphatic hydroxyl groups excluding tert-OH is 1. The SMILES string of the molecule is COCCN(Cc1ccc(C#N)cc1)CC(O)c1cccc(Cl)c1. The highest BCUT2D eigenvalue weighted by molar-refractivity contribution is 6.30. The second-order valence-corrected chi connectivity index (χ2v) is 6.04. The molecule has 2 aromatic rings. The zero-order valence-electron chi connectivity index (χ0n) is 13.7. The Kier molecular flexibility index (Phi) is 7.23. The zero-order valence-corrected chi connectivity index (χ0v) is 14.4. The van der Waals surface area contributed by atoms with Crippen molar-refractivity contribution in [3.63, 3.8) is 0 Å². The molecule has 0 heterocycles. The van der Waals surface area contributed by atoms with Crippen molar-refractivity contribution in [1.82, 2.24) is 4.90 Å². The minimum atomic E-state index is -0.626. The summed E-state index contributed by atoms with van der Waals surface area (Å²) in [5.41, 5.74) is 2.52. The molecule has 0 saturated carbocycles. The van der Waals surface area contributed by atoms with E-state index >= 15 is 0 Å². The summed E-state index contributed by atoms with van der Waals surface area (Å²) in [5.74, 6) is 0. The minimum absolute atomic E-state index is 0.476. The van der Waals surface area contributed by atoms with E-state index in [1.54, 1.807) is 31.4 Å². The Hall–Kier alpha value is -1.90. The van der Waals surface area contributed by atoms with Gasteiger partial charge in [0, 0.05) is 31.8 Å². The number of nitriles is 1. The van der Waals surface area contributed by atoms with Crippen molar-refractivity contribution in [2.75, 3.05) is 26.8 Å². The van der Waals surface area contributed by atoms with E-state index in [-0.39, 0.29) is 0 Å². The van der Waals surface area contributed by atoms with E-state index in [1.807, 2.05) is 24.3 Å². The predicted molar refractivity (Wildman–Crippen MR) is 94.7 cm³/mol. The van der Waals surface area contributed by atoms with E-state index in [4.69, 9.17) is 21.6 Å². The summed E-state index contributed by atoms with van der Waals surface area (Å²) >= 11 is 6.00. The lowest BCUT2D eigenvalue weighted by Gasteiger charge is -2.25. The summed E-state index contributed by atoms with van der Waals surface area (Å²) in [7, 11) is 1.66. The average Bonchev–Trinajstić information content (AvgIpc) is 2.60. The van der Waals surface area contributed by atoms with Crippen molar-refractivity contribution in [1.29, 1.82) is 5.26 Å². The molecular formula is C19H21ClN2O2. The van der Waals surface area contributed by atoms with Gasteiger partial charge in [-0.3, -0.25) is 4.90 Å². The largest absolute Gasteiger partial charge is 0.387 e. The third-order valence-electron chi connectivity index (χ3n) is 3.77. The lowest BCUT2D eigenvalue weighted by atomic mass is 10.1. The summed E-state index contributed by atoms with van der Waals surface area (Å²) in [6, 6.07) is 16.9. The third kappa shape index (κ3) is 5.63. The van der Waals surface area contributed by atoms with Gasteiger partial charge in [-0.1, -0.05) is 35.9 Å². The van der Waals surface area contributed by atoms with Crippen LogP contribution in [-0.4, -0.2) is 36.8 Å². The molecule has 0 aliphatic heterocycles. The van der Waals surface area contributed by atoms with Gasteiger partial charge < -0.3 is 9.84 Å². The van der Waals surface area contributed by atoms with Crippen LogP contribution in [-0.2, 0) is 11.3 Å². The van der Waals surface area contributed by atoms with Crippen molar-refractivity contribution < 1.29 is 9.84 Å². The van der Waals surface area contributed by atoms with Gasteiger partial charge in [-0.05, 0) is 35.4 Å². The number of methoxy groups -OCH3 is 1. The van der Waals surface area contributed by atoms with Gasteiger partial charge in [0.1, 0.15) is 0 Å². The van der Waals surface area contributed by atoms with Gasteiger partial charge in [-0.2, -0.15) is 5.26 Å². The lowest BCUT2D eigenvalue weighted by Crippen LogP contribution is -2.31. The Morgan fingerprint density at radius 2 is 2.00 bits per heavy atom. The number of hydrogen-bond donors (Lipinski definition) is 1. The van der Waals surface area contributed by atoms with E-state index in [2.05, 4.69) is 11.0 Å². The molecule has 24 heavy (non-hydrogen) atoms. The highest BCUT2D eigenvalue weighted by Gasteiger charge is 2.14. The standard InChI is InChI=1S/C19H21ClN2O2/c1-24-10-9-22(13-16-7-5-15(12-21)6-8-16)14-19(23)17-3-2-4-18(20)11-17/h2-8,11,19,23H,9-10,13-14H2,1H3. The average molecular weight is 345 g/mol. The van der Waals surface area contributed by atoms with Crippen LogP contribution in [0, 0.1) is 11.3 Å². The first-order valence-electron chi connectivity index (χ1n) is 7.76. The molecule has 4 nitrogen and oxygen atoms in total. The first-order chi connectivity index (χ1) is 11.6. The second-order valence-electron chi connectivity index (χ2n) is 5.61. The topological polar surface area (TPSA) is 56.5 Å². The molecule has 0 saturated heterocycles. The molecule has 1 atom stereocenters.